The molecule has 0 spiro atoms. The van der Waals surface area contributed by atoms with Gasteiger partial charge in [-0.3, -0.25) is 9.38 Å². The van der Waals surface area contributed by atoms with Gasteiger partial charge in [0, 0.05) is 35.0 Å². The van der Waals surface area contributed by atoms with Gasteiger partial charge in [-0.15, -0.1) is 10.2 Å². The molecule has 0 saturated heterocycles. The number of halogens is 2. The van der Waals surface area contributed by atoms with Crippen LogP contribution in [-0.2, 0) is 6.54 Å². The summed E-state index contributed by atoms with van der Waals surface area (Å²) in [6.45, 7) is 2.96. The van der Waals surface area contributed by atoms with Crippen LogP contribution < -0.4 is 14.8 Å². The molecule has 7 nitrogen and oxygen atoms in total. The SMILES string of the molecule is Cc1ncc(-c2cc3c(n4cnnc24)NCc2c(F)ccc4c2C(CO4)CO3)cc1Cl. The third-order valence-electron chi connectivity index (χ3n) is 5.86. The highest BCUT2D eigenvalue weighted by Crippen LogP contribution is 2.42. The summed E-state index contributed by atoms with van der Waals surface area (Å²) in [5.74, 6) is 1.67. The summed E-state index contributed by atoms with van der Waals surface area (Å²) < 4.78 is 28.5. The highest BCUT2D eigenvalue weighted by molar-refractivity contribution is 6.31. The molecule has 2 aliphatic rings. The first-order valence-corrected chi connectivity index (χ1v) is 10.3. The van der Waals surface area contributed by atoms with Crippen LogP contribution in [0.3, 0.4) is 0 Å². The molecule has 1 atom stereocenters. The zero-order valence-electron chi connectivity index (χ0n) is 16.5. The van der Waals surface area contributed by atoms with Crippen molar-refractivity contribution in [2.45, 2.75) is 19.4 Å². The number of anilines is 1. The van der Waals surface area contributed by atoms with Gasteiger partial charge in [-0.25, -0.2) is 4.39 Å². The minimum absolute atomic E-state index is 0.0519. The van der Waals surface area contributed by atoms with Crippen molar-refractivity contribution in [3.63, 3.8) is 0 Å². The molecular formula is C22H17ClFN5O2. The zero-order chi connectivity index (χ0) is 21.1. The number of benzene rings is 1. The molecular weight excluding hydrogens is 421 g/mol. The molecule has 0 fully saturated rings. The molecule has 9 heteroatoms. The minimum Gasteiger partial charge on any atom is -0.493 e. The van der Waals surface area contributed by atoms with Crippen molar-refractivity contribution < 1.29 is 13.9 Å². The third kappa shape index (κ3) is 2.82. The van der Waals surface area contributed by atoms with Crippen molar-refractivity contribution >= 4 is 23.1 Å². The first kappa shape index (κ1) is 18.4. The second kappa shape index (κ2) is 6.81. The normalized spacial score (nSPS) is 16.9. The topological polar surface area (TPSA) is 73.6 Å². The van der Waals surface area contributed by atoms with Gasteiger partial charge in [0.15, 0.2) is 17.2 Å². The van der Waals surface area contributed by atoms with E-state index in [1.54, 1.807) is 18.6 Å². The van der Waals surface area contributed by atoms with Crippen LogP contribution >= 0.6 is 11.6 Å². The molecule has 0 amide bonds. The average Bonchev–Trinajstić information content (AvgIpc) is 3.41. The summed E-state index contributed by atoms with van der Waals surface area (Å²) in [7, 11) is 0. The Bertz CT molecular complexity index is 1360. The Kier molecular flexibility index (Phi) is 4.04. The number of fused-ring (bicyclic) bond motifs is 3. The number of nitrogens with one attached hydrogen (secondary N) is 1. The van der Waals surface area contributed by atoms with E-state index in [1.165, 1.54) is 6.07 Å². The van der Waals surface area contributed by atoms with Gasteiger partial charge in [0.2, 0.25) is 0 Å². The van der Waals surface area contributed by atoms with E-state index in [4.69, 9.17) is 21.1 Å². The fourth-order valence-electron chi connectivity index (χ4n) is 4.25. The van der Waals surface area contributed by atoms with Gasteiger partial charge in [-0.05, 0) is 31.2 Å². The number of aromatic nitrogens is 4. The molecule has 3 aromatic heterocycles. The molecule has 4 aromatic rings. The summed E-state index contributed by atoms with van der Waals surface area (Å²) in [6.07, 6.45) is 3.36. The van der Waals surface area contributed by atoms with Crippen LogP contribution in [0.1, 0.15) is 22.7 Å². The predicted octanol–water partition coefficient (Wildman–Crippen LogP) is 4.37. The number of rotatable bonds is 1. The van der Waals surface area contributed by atoms with Gasteiger partial charge in [0.1, 0.15) is 17.9 Å². The van der Waals surface area contributed by atoms with Gasteiger partial charge >= 0.3 is 0 Å². The van der Waals surface area contributed by atoms with Crippen LogP contribution in [0.2, 0.25) is 5.02 Å². The Balaban J connectivity index is 1.52. The van der Waals surface area contributed by atoms with Crippen molar-refractivity contribution in [3.05, 3.63) is 64.5 Å². The second-order valence-corrected chi connectivity index (χ2v) is 8.10. The van der Waals surface area contributed by atoms with Crippen LogP contribution in [0.15, 0.2) is 36.8 Å². The molecule has 1 aromatic carbocycles. The predicted molar refractivity (Wildman–Crippen MR) is 113 cm³/mol. The fraction of sp³-hybridized carbons (Fsp3) is 0.227. The summed E-state index contributed by atoms with van der Waals surface area (Å²) in [4.78, 5) is 4.37. The van der Waals surface area contributed by atoms with E-state index in [0.717, 1.165) is 22.4 Å². The standard InChI is InChI=1S/C22H17ClFN5O2/c1-11-16(23)4-12(6-25-11)14-5-19-22(29-10-27-28-21(14)29)26-7-15-17(24)2-3-18-20(15)13(8-30-18)9-31-19/h2-6,10,13,26H,7-9H2,1H3. The van der Waals surface area contributed by atoms with Crippen LogP contribution in [0.4, 0.5) is 10.2 Å². The van der Waals surface area contributed by atoms with Crippen LogP contribution in [0, 0.1) is 12.7 Å². The summed E-state index contributed by atoms with van der Waals surface area (Å²) >= 11 is 6.31. The van der Waals surface area contributed by atoms with E-state index in [9.17, 15) is 4.39 Å². The van der Waals surface area contributed by atoms with Gasteiger partial charge in [0.25, 0.3) is 0 Å². The lowest BCUT2D eigenvalue weighted by Crippen LogP contribution is -2.13. The molecule has 0 aliphatic carbocycles. The lowest BCUT2D eigenvalue weighted by Gasteiger charge is -2.16. The lowest BCUT2D eigenvalue weighted by molar-refractivity contribution is 0.249. The Morgan fingerprint density at radius 2 is 2.03 bits per heavy atom. The minimum atomic E-state index is -0.262. The Morgan fingerprint density at radius 3 is 2.87 bits per heavy atom. The molecule has 31 heavy (non-hydrogen) atoms. The average molecular weight is 438 g/mol. The Morgan fingerprint density at radius 1 is 1.19 bits per heavy atom. The molecule has 0 bridgehead atoms. The summed E-state index contributed by atoms with van der Waals surface area (Å²) in [5, 5.41) is 12.3. The third-order valence-corrected chi connectivity index (χ3v) is 6.24. The fourth-order valence-corrected chi connectivity index (χ4v) is 4.42. The van der Waals surface area contributed by atoms with Crippen molar-refractivity contribution in [3.8, 4) is 22.6 Å². The molecule has 5 heterocycles. The molecule has 0 radical (unpaired) electrons. The van der Waals surface area contributed by atoms with Crippen molar-refractivity contribution in [2.24, 2.45) is 0 Å². The maximum atomic E-state index is 14.7. The number of aryl methyl sites for hydroxylation is 1. The molecule has 1 unspecified atom stereocenters. The van der Waals surface area contributed by atoms with Crippen LogP contribution in [0.25, 0.3) is 16.8 Å². The molecule has 0 saturated carbocycles. The van der Waals surface area contributed by atoms with E-state index < -0.39 is 0 Å². The monoisotopic (exact) mass is 437 g/mol. The largest absolute Gasteiger partial charge is 0.493 e. The van der Waals surface area contributed by atoms with Gasteiger partial charge < -0.3 is 14.8 Å². The Hall–Kier alpha value is -3.39. The second-order valence-electron chi connectivity index (χ2n) is 7.70. The maximum absolute atomic E-state index is 14.7. The highest BCUT2D eigenvalue weighted by atomic mass is 35.5. The molecule has 2 aliphatic heterocycles. The summed E-state index contributed by atoms with van der Waals surface area (Å²) in [5.41, 5.74) is 4.43. The quantitative estimate of drug-likeness (QED) is 0.476. The number of pyridine rings is 2. The van der Waals surface area contributed by atoms with E-state index in [-0.39, 0.29) is 18.3 Å². The first-order valence-electron chi connectivity index (χ1n) is 9.90. The van der Waals surface area contributed by atoms with E-state index in [0.29, 0.717) is 46.8 Å². The molecule has 156 valence electrons. The first-order chi connectivity index (χ1) is 15.1. The number of nitrogens with zero attached hydrogens (tertiary/aromatic N) is 4. The van der Waals surface area contributed by atoms with E-state index in [1.807, 2.05) is 23.5 Å². The zero-order valence-corrected chi connectivity index (χ0v) is 17.3. The van der Waals surface area contributed by atoms with Crippen LogP contribution in [-0.4, -0.2) is 32.8 Å². The van der Waals surface area contributed by atoms with Gasteiger partial charge in [-0.2, -0.15) is 0 Å². The highest BCUT2D eigenvalue weighted by Gasteiger charge is 2.31. The smallest absolute Gasteiger partial charge is 0.170 e. The van der Waals surface area contributed by atoms with Gasteiger partial charge in [0.05, 0.1) is 29.8 Å². The van der Waals surface area contributed by atoms with Crippen molar-refractivity contribution in [1.29, 1.82) is 0 Å². The summed E-state index contributed by atoms with van der Waals surface area (Å²) in [6, 6.07) is 6.89. The maximum Gasteiger partial charge on any atom is 0.170 e. The number of hydrogen-bond donors (Lipinski definition) is 1. The number of hydrogen-bond acceptors (Lipinski definition) is 6. The van der Waals surface area contributed by atoms with Crippen molar-refractivity contribution in [2.75, 3.05) is 18.5 Å². The Labute approximate surface area is 181 Å². The van der Waals surface area contributed by atoms with E-state index >= 15 is 0 Å². The van der Waals surface area contributed by atoms with Crippen LogP contribution in [0.5, 0.6) is 11.5 Å². The van der Waals surface area contributed by atoms with Crippen molar-refractivity contribution in [1.82, 2.24) is 19.6 Å². The molecule has 6 rings (SSSR count). The number of ether oxygens (including phenoxy) is 2. The lowest BCUT2D eigenvalue weighted by atomic mass is 9.96. The van der Waals surface area contributed by atoms with E-state index in [2.05, 4.69) is 20.5 Å². The molecule has 1 N–H and O–H groups in total. The van der Waals surface area contributed by atoms with Gasteiger partial charge in [-0.1, -0.05) is 11.6 Å².